The van der Waals surface area contributed by atoms with Gasteiger partial charge in [-0.3, -0.25) is 4.57 Å². The molecule has 2 aromatic heterocycles. The fourth-order valence-electron chi connectivity index (χ4n) is 3.04. The highest BCUT2D eigenvalue weighted by Gasteiger charge is 2.48. The third kappa shape index (κ3) is 2.41. The quantitative estimate of drug-likeness (QED) is 0.682. The first-order chi connectivity index (χ1) is 11.7. The molecule has 1 saturated heterocycles. The number of hydrogen-bond acceptors (Lipinski definition) is 8. The molecule has 1 aliphatic heterocycles. The van der Waals surface area contributed by atoms with E-state index in [0.717, 1.165) is 18.7 Å². The molecule has 4 rings (SSSR count). The van der Waals surface area contributed by atoms with Gasteiger partial charge in [-0.25, -0.2) is 4.98 Å². The van der Waals surface area contributed by atoms with Gasteiger partial charge in [-0.15, -0.1) is 0 Å². The summed E-state index contributed by atoms with van der Waals surface area (Å²) in [5.74, 6) is 0.903. The lowest BCUT2D eigenvalue weighted by molar-refractivity contribution is 0.122. The minimum atomic E-state index is -0.512. The highest BCUT2D eigenvalue weighted by Crippen LogP contribution is 2.51. The van der Waals surface area contributed by atoms with E-state index in [-0.39, 0.29) is 19.2 Å². The Morgan fingerprint density at radius 2 is 2.00 bits per heavy atom. The van der Waals surface area contributed by atoms with Crippen molar-refractivity contribution in [3.05, 3.63) is 11.9 Å². The van der Waals surface area contributed by atoms with E-state index < -0.39 is 5.41 Å². The summed E-state index contributed by atoms with van der Waals surface area (Å²) in [7, 11) is 0. The first-order valence-corrected chi connectivity index (χ1v) is 7.92. The highest BCUT2D eigenvalue weighted by atomic mass is 16.5. The maximum absolute atomic E-state index is 9.44. The zero-order valence-electron chi connectivity index (χ0n) is 13.2. The third-order valence-corrected chi connectivity index (χ3v) is 4.72. The van der Waals surface area contributed by atoms with Crippen LogP contribution >= 0.6 is 0 Å². The lowest BCUT2D eigenvalue weighted by Gasteiger charge is -2.27. The van der Waals surface area contributed by atoms with Gasteiger partial charge in [0.05, 0.1) is 26.4 Å². The molecule has 2 aromatic rings. The topological polar surface area (TPSA) is 123 Å². The zero-order chi connectivity index (χ0) is 16.7. The number of nitrogens with two attached hydrogens (primary N) is 1. The molecule has 0 spiro atoms. The number of aromatic nitrogens is 4. The molecule has 1 saturated carbocycles. The Morgan fingerprint density at radius 1 is 1.25 bits per heavy atom. The molecular formula is C15H20N6O3. The standard InChI is InChI=1S/C15H20N6O3/c16-14-18-12(20-1-3-24-4-2-20)11-13(19-14)21(9-17-11)6-10-5-15(10,7-22)8-23/h6,9,22-23H,1-5,7-8H2,(H2,16,18,19)/b10-6-. The van der Waals surface area contributed by atoms with Crippen LogP contribution < -0.4 is 10.6 Å². The Kier molecular flexibility index (Phi) is 3.63. The Morgan fingerprint density at radius 3 is 2.67 bits per heavy atom. The van der Waals surface area contributed by atoms with Gasteiger partial charge in [0.15, 0.2) is 17.0 Å². The number of aliphatic hydroxyl groups excluding tert-OH is 2. The second-order valence-corrected chi connectivity index (χ2v) is 6.26. The van der Waals surface area contributed by atoms with Crippen LogP contribution in [0.15, 0.2) is 11.9 Å². The number of hydrogen-bond donors (Lipinski definition) is 3. The number of nitrogen functional groups attached to an aromatic ring is 1. The van der Waals surface area contributed by atoms with E-state index in [2.05, 4.69) is 19.9 Å². The van der Waals surface area contributed by atoms with E-state index in [4.69, 9.17) is 10.5 Å². The number of rotatable bonds is 4. The number of aliphatic hydroxyl groups is 2. The van der Waals surface area contributed by atoms with E-state index in [1.165, 1.54) is 0 Å². The molecule has 0 bridgehead atoms. The molecular weight excluding hydrogens is 312 g/mol. The molecule has 4 N–H and O–H groups in total. The second-order valence-electron chi connectivity index (χ2n) is 6.26. The van der Waals surface area contributed by atoms with E-state index in [0.29, 0.717) is 36.6 Å². The van der Waals surface area contributed by atoms with Crippen molar-refractivity contribution in [2.75, 3.05) is 50.2 Å². The minimum absolute atomic E-state index is 0.0713. The normalized spacial score (nSPS) is 21.6. The zero-order valence-corrected chi connectivity index (χ0v) is 13.2. The van der Waals surface area contributed by atoms with Crippen LogP contribution in [0.4, 0.5) is 11.8 Å². The number of imidazole rings is 1. The lowest BCUT2D eigenvalue weighted by Crippen LogP contribution is -2.37. The number of nitrogens with zero attached hydrogens (tertiary/aromatic N) is 5. The average Bonchev–Trinajstić information content (AvgIpc) is 3.18. The molecule has 0 unspecified atom stereocenters. The van der Waals surface area contributed by atoms with Gasteiger partial charge in [0, 0.05) is 24.7 Å². The van der Waals surface area contributed by atoms with Crippen molar-refractivity contribution in [3.8, 4) is 0 Å². The van der Waals surface area contributed by atoms with Gasteiger partial charge in [0.1, 0.15) is 6.33 Å². The highest BCUT2D eigenvalue weighted by molar-refractivity contribution is 5.86. The van der Waals surface area contributed by atoms with Crippen LogP contribution in [0.1, 0.15) is 6.42 Å². The Hall–Kier alpha value is -2.23. The van der Waals surface area contributed by atoms with Gasteiger partial charge >= 0.3 is 0 Å². The molecule has 0 atom stereocenters. The van der Waals surface area contributed by atoms with E-state index in [9.17, 15) is 10.2 Å². The van der Waals surface area contributed by atoms with Crippen molar-refractivity contribution in [1.82, 2.24) is 19.5 Å². The SMILES string of the molecule is Nc1nc(N2CCOCC2)c2ncn(/C=C3/CC3(CO)CO)c2n1. The van der Waals surface area contributed by atoms with E-state index in [1.54, 1.807) is 10.9 Å². The molecule has 128 valence electrons. The van der Waals surface area contributed by atoms with Crippen LogP contribution in [0.25, 0.3) is 17.4 Å². The summed E-state index contributed by atoms with van der Waals surface area (Å²) < 4.78 is 7.16. The molecule has 9 nitrogen and oxygen atoms in total. The molecule has 0 radical (unpaired) electrons. The predicted molar refractivity (Wildman–Crippen MR) is 88.3 cm³/mol. The van der Waals surface area contributed by atoms with Crippen LogP contribution in [-0.4, -0.2) is 69.2 Å². The predicted octanol–water partition coefficient (Wildman–Crippen LogP) is -0.539. The molecule has 0 amide bonds. The van der Waals surface area contributed by atoms with Crippen molar-refractivity contribution in [2.24, 2.45) is 5.41 Å². The first-order valence-electron chi connectivity index (χ1n) is 7.92. The van der Waals surface area contributed by atoms with Crippen molar-refractivity contribution in [3.63, 3.8) is 0 Å². The largest absolute Gasteiger partial charge is 0.395 e. The Labute approximate surface area is 138 Å². The van der Waals surface area contributed by atoms with E-state index >= 15 is 0 Å². The lowest BCUT2D eigenvalue weighted by atomic mass is 10.1. The van der Waals surface area contributed by atoms with Crippen molar-refractivity contribution in [1.29, 1.82) is 0 Å². The fourth-order valence-corrected chi connectivity index (χ4v) is 3.04. The second kappa shape index (κ2) is 5.69. The molecule has 0 aromatic carbocycles. The number of ether oxygens (including phenoxy) is 1. The van der Waals surface area contributed by atoms with Gasteiger partial charge in [0.25, 0.3) is 0 Å². The summed E-state index contributed by atoms with van der Waals surface area (Å²) in [5, 5.41) is 18.9. The molecule has 9 heteroatoms. The van der Waals surface area contributed by atoms with Gasteiger partial charge in [-0.2, -0.15) is 9.97 Å². The maximum Gasteiger partial charge on any atom is 0.224 e. The third-order valence-electron chi connectivity index (χ3n) is 4.72. The Balaban J connectivity index is 1.74. The van der Waals surface area contributed by atoms with Gasteiger partial charge in [-0.05, 0) is 12.0 Å². The summed E-state index contributed by atoms with van der Waals surface area (Å²) in [6, 6.07) is 0. The van der Waals surface area contributed by atoms with Crippen molar-refractivity contribution >= 4 is 29.1 Å². The van der Waals surface area contributed by atoms with Crippen molar-refractivity contribution in [2.45, 2.75) is 6.42 Å². The van der Waals surface area contributed by atoms with Crippen LogP contribution in [0.2, 0.25) is 0 Å². The first kappa shape index (κ1) is 15.3. The molecule has 2 fully saturated rings. The summed E-state index contributed by atoms with van der Waals surface area (Å²) in [5.41, 5.74) is 7.65. The number of anilines is 2. The summed E-state index contributed by atoms with van der Waals surface area (Å²) in [6.45, 7) is 2.61. The van der Waals surface area contributed by atoms with Crippen LogP contribution in [0.3, 0.4) is 0 Å². The molecule has 2 aliphatic rings. The Bertz CT molecular complexity index is 792. The average molecular weight is 332 g/mol. The molecule has 1 aliphatic carbocycles. The minimum Gasteiger partial charge on any atom is -0.395 e. The van der Waals surface area contributed by atoms with Gasteiger partial charge in [0.2, 0.25) is 5.95 Å². The monoisotopic (exact) mass is 332 g/mol. The smallest absolute Gasteiger partial charge is 0.224 e. The van der Waals surface area contributed by atoms with E-state index in [1.807, 2.05) is 6.20 Å². The van der Waals surface area contributed by atoms with Crippen molar-refractivity contribution < 1.29 is 14.9 Å². The fraction of sp³-hybridized carbons (Fsp3) is 0.533. The van der Waals surface area contributed by atoms with Crippen LogP contribution in [0, 0.1) is 5.41 Å². The van der Waals surface area contributed by atoms with Crippen LogP contribution in [0.5, 0.6) is 0 Å². The van der Waals surface area contributed by atoms with Gasteiger partial charge < -0.3 is 25.6 Å². The maximum atomic E-state index is 9.44. The summed E-state index contributed by atoms with van der Waals surface area (Å²) >= 11 is 0. The summed E-state index contributed by atoms with van der Waals surface area (Å²) in [6.07, 6.45) is 4.18. The molecule has 24 heavy (non-hydrogen) atoms. The number of morpholine rings is 1. The summed E-state index contributed by atoms with van der Waals surface area (Å²) in [4.78, 5) is 15.2. The number of fused-ring (bicyclic) bond motifs is 1. The van der Waals surface area contributed by atoms with Crippen LogP contribution in [-0.2, 0) is 4.74 Å². The molecule has 3 heterocycles. The van der Waals surface area contributed by atoms with Gasteiger partial charge in [-0.1, -0.05) is 0 Å².